The molecule has 8 nitrogen and oxygen atoms in total. The molecule has 0 aromatic carbocycles. The van der Waals surface area contributed by atoms with Crippen LogP contribution in [0.4, 0.5) is 4.79 Å². The molecule has 1 spiro atoms. The monoisotopic (exact) mass is 393 g/mol. The van der Waals surface area contributed by atoms with E-state index in [4.69, 9.17) is 0 Å². The summed E-state index contributed by atoms with van der Waals surface area (Å²) >= 11 is 0. The van der Waals surface area contributed by atoms with Crippen molar-refractivity contribution in [3.05, 3.63) is 0 Å². The number of likely N-dealkylation sites (tertiary alicyclic amines) is 1. The summed E-state index contributed by atoms with van der Waals surface area (Å²) in [5, 5.41) is 19.7. The number of β-amino-alcohol motifs (C(OH)–C–C–N with tert-alkyl or cyclic N) is 1. The van der Waals surface area contributed by atoms with E-state index in [0.29, 0.717) is 25.9 Å². The molecule has 2 N–H and O–H groups in total. The van der Waals surface area contributed by atoms with E-state index < -0.39 is 18.2 Å². The molecule has 3 heterocycles. The Balaban J connectivity index is 1.35. The zero-order valence-electron chi connectivity index (χ0n) is 16.5. The molecule has 3 aliphatic heterocycles. The highest BCUT2D eigenvalue weighted by Crippen LogP contribution is 2.53. The molecule has 4 atom stereocenters. The molecule has 4 fully saturated rings. The highest BCUT2D eigenvalue weighted by molar-refractivity contribution is 5.87. The molecule has 4 rings (SSSR count). The zero-order chi connectivity index (χ0) is 20.1. The summed E-state index contributed by atoms with van der Waals surface area (Å²) in [7, 11) is 0. The van der Waals surface area contributed by atoms with Gasteiger partial charge in [0.1, 0.15) is 6.04 Å². The van der Waals surface area contributed by atoms with Crippen LogP contribution >= 0.6 is 0 Å². The van der Waals surface area contributed by atoms with Crippen molar-refractivity contribution in [3.63, 3.8) is 0 Å². The largest absolute Gasteiger partial charge is 0.465 e. The lowest BCUT2D eigenvalue weighted by atomic mass is 9.88. The number of fused-ring (bicyclic) bond motifs is 1. The molecule has 156 valence electrons. The summed E-state index contributed by atoms with van der Waals surface area (Å²) in [5.74, 6) is -0.0822. The maximum absolute atomic E-state index is 12.8. The van der Waals surface area contributed by atoms with E-state index in [-0.39, 0.29) is 29.3 Å². The number of amides is 3. The van der Waals surface area contributed by atoms with Gasteiger partial charge in [-0.15, -0.1) is 0 Å². The van der Waals surface area contributed by atoms with Gasteiger partial charge < -0.3 is 20.0 Å². The predicted octanol–water partition coefficient (Wildman–Crippen LogP) is 1.27. The lowest BCUT2D eigenvalue weighted by Gasteiger charge is -2.50. The lowest BCUT2D eigenvalue weighted by Crippen LogP contribution is -2.65. The van der Waals surface area contributed by atoms with E-state index in [1.54, 1.807) is 11.8 Å². The van der Waals surface area contributed by atoms with E-state index in [0.717, 1.165) is 45.1 Å². The van der Waals surface area contributed by atoms with Gasteiger partial charge in [-0.2, -0.15) is 0 Å². The van der Waals surface area contributed by atoms with Gasteiger partial charge in [0.15, 0.2) is 0 Å². The summed E-state index contributed by atoms with van der Waals surface area (Å²) in [6.07, 6.45) is 5.18. The van der Waals surface area contributed by atoms with Crippen LogP contribution in [0, 0.1) is 5.41 Å². The summed E-state index contributed by atoms with van der Waals surface area (Å²) in [6, 6.07) is -0.754. The van der Waals surface area contributed by atoms with Crippen molar-refractivity contribution in [2.45, 2.75) is 82.5 Å². The van der Waals surface area contributed by atoms with Crippen LogP contribution in [0.25, 0.3) is 0 Å². The molecule has 28 heavy (non-hydrogen) atoms. The van der Waals surface area contributed by atoms with Crippen LogP contribution in [0.5, 0.6) is 0 Å². The first kappa shape index (κ1) is 19.5. The second-order valence-corrected chi connectivity index (χ2v) is 9.10. The molecule has 1 aliphatic carbocycles. The summed E-state index contributed by atoms with van der Waals surface area (Å²) in [6.45, 7) is 3.15. The minimum atomic E-state index is -1.05. The minimum Gasteiger partial charge on any atom is -0.465 e. The third kappa shape index (κ3) is 3.36. The van der Waals surface area contributed by atoms with E-state index in [1.807, 2.05) is 4.90 Å². The Morgan fingerprint density at radius 2 is 1.93 bits per heavy atom. The molecule has 8 heteroatoms. The Labute approximate surface area is 165 Å². The Morgan fingerprint density at radius 3 is 2.57 bits per heavy atom. The number of piperazine rings is 1. The van der Waals surface area contributed by atoms with Crippen molar-refractivity contribution in [2.75, 3.05) is 19.6 Å². The fraction of sp³-hybridized carbons (Fsp3) is 0.850. The minimum absolute atomic E-state index is 0.00177. The molecular formula is C20H31N3O5. The second kappa shape index (κ2) is 7.21. The number of carbonyl (C=O) groups excluding carboxylic acids is 2. The van der Waals surface area contributed by atoms with E-state index in [9.17, 15) is 24.6 Å². The average Bonchev–Trinajstić information content (AvgIpc) is 3.45. The van der Waals surface area contributed by atoms with E-state index >= 15 is 0 Å². The molecule has 3 amide bonds. The van der Waals surface area contributed by atoms with E-state index in [2.05, 4.69) is 0 Å². The van der Waals surface area contributed by atoms with Crippen molar-refractivity contribution < 1.29 is 24.6 Å². The van der Waals surface area contributed by atoms with Crippen LogP contribution in [0.2, 0.25) is 0 Å². The number of aliphatic hydroxyl groups is 1. The van der Waals surface area contributed by atoms with Gasteiger partial charge in [-0.1, -0.05) is 0 Å². The molecule has 0 unspecified atom stereocenters. The third-order valence-corrected chi connectivity index (χ3v) is 7.51. The molecule has 0 aromatic heterocycles. The summed E-state index contributed by atoms with van der Waals surface area (Å²) in [4.78, 5) is 41.8. The Morgan fingerprint density at radius 1 is 1.18 bits per heavy atom. The van der Waals surface area contributed by atoms with Crippen molar-refractivity contribution in [3.8, 4) is 0 Å². The van der Waals surface area contributed by atoms with E-state index in [1.165, 1.54) is 4.90 Å². The van der Waals surface area contributed by atoms with Gasteiger partial charge in [-0.3, -0.25) is 14.5 Å². The summed E-state index contributed by atoms with van der Waals surface area (Å²) < 4.78 is 0. The highest BCUT2D eigenvalue weighted by Gasteiger charge is 2.52. The lowest BCUT2D eigenvalue weighted by molar-refractivity contribution is -0.151. The quantitative estimate of drug-likeness (QED) is 0.752. The van der Waals surface area contributed by atoms with Gasteiger partial charge in [0, 0.05) is 38.1 Å². The number of hydrogen-bond donors (Lipinski definition) is 2. The maximum Gasteiger partial charge on any atom is 0.408 e. The average molecular weight is 393 g/mol. The van der Waals surface area contributed by atoms with Gasteiger partial charge in [0.2, 0.25) is 11.8 Å². The van der Waals surface area contributed by atoms with Crippen LogP contribution in [-0.2, 0) is 9.59 Å². The number of aliphatic hydroxyl groups excluding tert-OH is 1. The molecule has 1 saturated carbocycles. The summed E-state index contributed by atoms with van der Waals surface area (Å²) in [5.41, 5.74) is 0.0831. The predicted molar refractivity (Wildman–Crippen MR) is 101 cm³/mol. The number of piperidine rings is 2. The topological polar surface area (TPSA) is 101 Å². The molecule has 3 saturated heterocycles. The first-order valence-electron chi connectivity index (χ1n) is 10.6. The molecule has 0 aromatic rings. The third-order valence-electron chi connectivity index (χ3n) is 7.51. The Hall–Kier alpha value is -1.83. The van der Waals surface area contributed by atoms with Crippen LogP contribution in [0.15, 0.2) is 0 Å². The highest BCUT2D eigenvalue weighted by atomic mass is 16.4. The van der Waals surface area contributed by atoms with Gasteiger partial charge in [-0.05, 0) is 57.3 Å². The SMILES string of the molecule is C[C@H]1C(=O)N2[C@@H](CCC(=O)N3CCC4(CC4)[C@H](O)C3)CCC[C@H]2CN1C(=O)O. The molecule has 4 aliphatic rings. The number of nitrogens with zero attached hydrogens (tertiary/aromatic N) is 3. The maximum atomic E-state index is 12.8. The fourth-order valence-electron chi connectivity index (χ4n) is 5.40. The Kier molecular flexibility index (Phi) is 5.02. The van der Waals surface area contributed by atoms with Crippen molar-refractivity contribution in [1.82, 2.24) is 14.7 Å². The number of carbonyl (C=O) groups is 3. The first-order chi connectivity index (χ1) is 13.3. The number of carboxylic acid groups (broad SMARTS) is 1. The van der Waals surface area contributed by atoms with Crippen molar-refractivity contribution in [1.29, 1.82) is 0 Å². The Bertz CT molecular complexity index is 664. The fourth-order valence-corrected chi connectivity index (χ4v) is 5.40. The second-order valence-electron chi connectivity index (χ2n) is 9.10. The van der Waals surface area contributed by atoms with Crippen LogP contribution in [-0.4, -0.2) is 86.7 Å². The van der Waals surface area contributed by atoms with Gasteiger partial charge in [-0.25, -0.2) is 4.79 Å². The van der Waals surface area contributed by atoms with Crippen LogP contribution in [0.1, 0.15) is 58.3 Å². The standard InChI is InChI=1S/C20H31N3O5/c1-13-18(26)23-14(3-2-4-15(23)11-22(13)19(27)28)5-6-17(25)21-10-9-20(7-8-20)16(24)12-21/h13-16,24H,2-12H2,1H3,(H,27,28)/t13-,14+,15-,16+/m0/s1. The van der Waals surface area contributed by atoms with Crippen molar-refractivity contribution >= 4 is 17.9 Å². The van der Waals surface area contributed by atoms with Gasteiger partial charge in [0.05, 0.1) is 6.10 Å². The number of hydrogen-bond acceptors (Lipinski definition) is 4. The number of rotatable bonds is 3. The first-order valence-corrected chi connectivity index (χ1v) is 10.6. The van der Waals surface area contributed by atoms with Gasteiger partial charge in [0.25, 0.3) is 0 Å². The van der Waals surface area contributed by atoms with Crippen LogP contribution in [0.3, 0.4) is 0 Å². The molecule has 0 radical (unpaired) electrons. The normalized spacial score (nSPS) is 34.4. The molecule has 0 bridgehead atoms. The molecular weight excluding hydrogens is 362 g/mol. The zero-order valence-corrected chi connectivity index (χ0v) is 16.5. The smallest absolute Gasteiger partial charge is 0.408 e. The van der Waals surface area contributed by atoms with Crippen LogP contribution < -0.4 is 0 Å². The van der Waals surface area contributed by atoms with Gasteiger partial charge >= 0.3 is 6.09 Å². The van der Waals surface area contributed by atoms with Crippen molar-refractivity contribution in [2.24, 2.45) is 5.41 Å².